The fourth-order valence-corrected chi connectivity index (χ4v) is 4.38. The van der Waals surface area contributed by atoms with Gasteiger partial charge in [-0.3, -0.25) is 9.59 Å². The Morgan fingerprint density at radius 2 is 1.61 bits per heavy atom. The molecule has 0 radical (unpaired) electrons. The second-order valence-corrected chi connectivity index (χ2v) is 8.43. The number of benzene rings is 2. The summed E-state index contributed by atoms with van der Waals surface area (Å²) in [5, 5.41) is 3.10. The highest BCUT2D eigenvalue weighted by atomic mass is 16.2. The van der Waals surface area contributed by atoms with Gasteiger partial charge in [0.15, 0.2) is 0 Å². The van der Waals surface area contributed by atoms with Crippen LogP contribution in [0, 0.1) is 5.92 Å². The van der Waals surface area contributed by atoms with E-state index in [1.165, 1.54) is 24.9 Å². The number of anilines is 2. The summed E-state index contributed by atoms with van der Waals surface area (Å²) in [6.07, 6.45) is 8.63. The first-order valence-corrected chi connectivity index (χ1v) is 11.4. The van der Waals surface area contributed by atoms with Crippen LogP contribution in [-0.4, -0.2) is 42.9 Å². The van der Waals surface area contributed by atoms with Gasteiger partial charge in [-0.05, 0) is 61.9 Å². The molecule has 2 aromatic rings. The molecule has 2 amide bonds. The predicted molar refractivity (Wildman–Crippen MR) is 126 cm³/mol. The zero-order valence-corrected chi connectivity index (χ0v) is 18.0. The van der Waals surface area contributed by atoms with Crippen molar-refractivity contribution >= 4 is 29.3 Å². The third-order valence-electron chi connectivity index (χ3n) is 6.23. The first-order valence-electron chi connectivity index (χ1n) is 11.4. The Hall–Kier alpha value is -3.08. The molecule has 0 aromatic heterocycles. The standard InChI is InChI=1S/C26H31N3O2/c30-25(13-12-21-8-3-1-4-9-21)29-18-14-22(15-19-29)26(31)27-23-10-7-11-24(20-23)28-16-5-2-6-17-28/h1,3-4,7-13,20,22H,2,5-6,14-19H2,(H,27,31)/b13-12+. The summed E-state index contributed by atoms with van der Waals surface area (Å²) < 4.78 is 0. The van der Waals surface area contributed by atoms with Gasteiger partial charge >= 0.3 is 0 Å². The molecule has 2 aliphatic rings. The summed E-state index contributed by atoms with van der Waals surface area (Å²) in [4.78, 5) is 29.5. The Morgan fingerprint density at radius 1 is 0.871 bits per heavy atom. The summed E-state index contributed by atoms with van der Waals surface area (Å²) in [5.41, 5.74) is 3.05. The molecular formula is C26H31N3O2. The van der Waals surface area contributed by atoms with Crippen LogP contribution in [0.2, 0.25) is 0 Å². The molecule has 2 aromatic carbocycles. The van der Waals surface area contributed by atoms with Crippen LogP contribution < -0.4 is 10.2 Å². The summed E-state index contributed by atoms with van der Waals surface area (Å²) in [5.74, 6) is 0.0143. The van der Waals surface area contributed by atoms with Crippen molar-refractivity contribution in [3.8, 4) is 0 Å². The van der Waals surface area contributed by atoms with Crippen LogP contribution >= 0.6 is 0 Å². The van der Waals surface area contributed by atoms with E-state index < -0.39 is 0 Å². The SMILES string of the molecule is O=C(Nc1cccc(N2CCCCC2)c1)C1CCN(C(=O)/C=C/c2ccccc2)CC1. The molecule has 2 saturated heterocycles. The number of likely N-dealkylation sites (tertiary alicyclic amines) is 1. The Balaban J connectivity index is 1.27. The van der Waals surface area contributed by atoms with E-state index >= 15 is 0 Å². The van der Waals surface area contributed by atoms with Gasteiger partial charge in [-0.15, -0.1) is 0 Å². The van der Waals surface area contributed by atoms with Crippen molar-refractivity contribution in [2.45, 2.75) is 32.1 Å². The quantitative estimate of drug-likeness (QED) is 0.725. The van der Waals surface area contributed by atoms with Crippen LogP contribution in [0.4, 0.5) is 11.4 Å². The van der Waals surface area contributed by atoms with E-state index in [0.717, 1.165) is 24.3 Å². The summed E-state index contributed by atoms with van der Waals surface area (Å²) in [7, 11) is 0. The van der Waals surface area contributed by atoms with Crippen LogP contribution in [0.1, 0.15) is 37.7 Å². The number of hydrogen-bond donors (Lipinski definition) is 1. The van der Waals surface area contributed by atoms with E-state index in [-0.39, 0.29) is 17.7 Å². The Morgan fingerprint density at radius 3 is 2.35 bits per heavy atom. The summed E-state index contributed by atoms with van der Waals surface area (Å²) in [6.45, 7) is 3.40. The van der Waals surface area contributed by atoms with Crippen LogP contribution in [0.3, 0.4) is 0 Å². The van der Waals surface area contributed by atoms with E-state index in [1.807, 2.05) is 53.4 Å². The Labute approximate surface area is 184 Å². The van der Waals surface area contributed by atoms with E-state index in [4.69, 9.17) is 0 Å². The molecule has 0 atom stereocenters. The zero-order valence-electron chi connectivity index (χ0n) is 18.0. The summed E-state index contributed by atoms with van der Waals surface area (Å²) >= 11 is 0. The van der Waals surface area contributed by atoms with Crippen LogP contribution in [0.15, 0.2) is 60.7 Å². The second-order valence-electron chi connectivity index (χ2n) is 8.43. The third kappa shape index (κ3) is 5.75. The van der Waals surface area contributed by atoms with Crippen molar-refractivity contribution in [2.75, 3.05) is 36.4 Å². The Kier molecular flexibility index (Phi) is 7.03. The van der Waals surface area contributed by atoms with Gasteiger partial charge in [-0.25, -0.2) is 0 Å². The third-order valence-corrected chi connectivity index (χ3v) is 6.23. The topological polar surface area (TPSA) is 52.7 Å². The van der Waals surface area contributed by atoms with Crippen molar-refractivity contribution in [1.82, 2.24) is 4.90 Å². The molecule has 1 N–H and O–H groups in total. The van der Waals surface area contributed by atoms with Crippen molar-refractivity contribution in [1.29, 1.82) is 0 Å². The minimum atomic E-state index is -0.0548. The maximum Gasteiger partial charge on any atom is 0.246 e. The van der Waals surface area contributed by atoms with Crippen molar-refractivity contribution in [3.63, 3.8) is 0 Å². The number of nitrogens with zero attached hydrogens (tertiary/aromatic N) is 2. The average molecular weight is 418 g/mol. The predicted octanol–water partition coefficient (Wildman–Crippen LogP) is 4.57. The largest absolute Gasteiger partial charge is 0.371 e. The van der Waals surface area contributed by atoms with Gasteiger partial charge < -0.3 is 15.1 Å². The number of amides is 2. The van der Waals surface area contributed by atoms with Crippen LogP contribution in [0.25, 0.3) is 6.08 Å². The molecule has 4 rings (SSSR count). The van der Waals surface area contributed by atoms with Gasteiger partial charge in [0.2, 0.25) is 11.8 Å². The first kappa shape index (κ1) is 21.2. The second kappa shape index (κ2) is 10.3. The minimum Gasteiger partial charge on any atom is -0.371 e. The first-order chi connectivity index (χ1) is 15.2. The molecule has 0 bridgehead atoms. The molecular weight excluding hydrogens is 386 g/mol. The highest BCUT2D eigenvalue weighted by Crippen LogP contribution is 2.25. The van der Waals surface area contributed by atoms with Gasteiger partial charge in [0.1, 0.15) is 0 Å². The van der Waals surface area contributed by atoms with Crippen LogP contribution in [-0.2, 0) is 9.59 Å². The highest BCUT2D eigenvalue weighted by molar-refractivity contribution is 5.94. The molecule has 5 heteroatoms. The lowest BCUT2D eigenvalue weighted by molar-refractivity contribution is -0.130. The number of hydrogen-bond acceptors (Lipinski definition) is 3. The van der Waals surface area contributed by atoms with Gasteiger partial charge in [-0.1, -0.05) is 36.4 Å². The van der Waals surface area contributed by atoms with Gasteiger partial charge in [0.25, 0.3) is 0 Å². The van der Waals surface area contributed by atoms with Crippen molar-refractivity contribution < 1.29 is 9.59 Å². The molecule has 0 unspecified atom stereocenters. The molecule has 0 aliphatic carbocycles. The number of rotatable bonds is 5. The van der Waals surface area contributed by atoms with E-state index in [1.54, 1.807) is 6.08 Å². The smallest absolute Gasteiger partial charge is 0.246 e. The molecule has 0 spiro atoms. The van der Waals surface area contributed by atoms with E-state index in [9.17, 15) is 9.59 Å². The number of carbonyl (C=O) groups is 2. The zero-order chi connectivity index (χ0) is 21.5. The number of carbonyl (C=O) groups excluding carboxylic acids is 2. The molecule has 162 valence electrons. The average Bonchev–Trinajstić information content (AvgIpc) is 2.84. The van der Waals surface area contributed by atoms with Crippen molar-refractivity contribution in [3.05, 3.63) is 66.2 Å². The highest BCUT2D eigenvalue weighted by Gasteiger charge is 2.26. The fourth-order valence-electron chi connectivity index (χ4n) is 4.38. The van der Waals surface area contributed by atoms with Gasteiger partial charge in [-0.2, -0.15) is 0 Å². The Bertz CT molecular complexity index is 911. The fraction of sp³-hybridized carbons (Fsp3) is 0.385. The minimum absolute atomic E-state index is 0.0111. The number of piperidine rings is 2. The molecule has 0 saturated carbocycles. The van der Waals surface area contributed by atoms with E-state index in [2.05, 4.69) is 22.3 Å². The molecule has 2 fully saturated rings. The maximum absolute atomic E-state index is 12.8. The van der Waals surface area contributed by atoms with E-state index in [0.29, 0.717) is 25.9 Å². The monoisotopic (exact) mass is 417 g/mol. The number of nitrogens with one attached hydrogen (secondary N) is 1. The van der Waals surface area contributed by atoms with Crippen molar-refractivity contribution in [2.24, 2.45) is 5.92 Å². The lowest BCUT2D eigenvalue weighted by Crippen LogP contribution is -2.40. The molecule has 31 heavy (non-hydrogen) atoms. The maximum atomic E-state index is 12.8. The lowest BCUT2D eigenvalue weighted by Gasteiger charge is -2.31. The normalized spacial score (nSPS) is 17.7. The summed E-state index contributed by atoms with van der Waals surface area (Å²) in [6, 6.07) is 18.0. The van der Waals surface area contributed by atoms with Gasteiger partial charge in [0.05, 0.1) is 0 Å². The van der Waals surface area contributed by atoms with Gasteiger partial charge in [0, 0.05) is 49.5 Å². The lowest BCUT2D eigenvalue weighted by atomic mass is 9.95. The molecule has 2 heterocycles. The molecule has 2 aliphatic heterocycles. The van der Waals surface area contributed by atoms with Crippen LogP contribution in [0.5, 0.6) is 0 Å². The molecule has 5 nitrogen and oxygen atoms in total.